The second kappa shape index (κ2) is 7.71. The fourth-order valence-corrected chi connectivity index (χ4v) is 2.24. The van der Waals surface area contributed by atoms with Crippen LogP contribution in [0.15, 0.2) is 0 Å². The Hall–Kier alpha value is -0.650. The second-order valence-corrected chi connectivity index (χ2v) is 5.19. The van der Waals surface area contributed by atoms with E-state index in [-0.39, 0.29) is 24.2 Å². The van der Waals surface area contributed by atoms with Gasteiger partial charge in [0.05, 0.1) is 13.2 Å². The van der Waals surface area contributed by atoms with Gasteiger partial charge in [-0.15, -0.1) is 0 Å². The van der Waals surface area contributed by atoms with Crippen molar-refractivity contribution in [2.24, 2.45) is 0 Å². The standard InChI is InChI=1S/C13H26N2O3/c1-10(2)14-12(13(16)17-4)9-15-6-5-7-18-11(3)8-15/h10-12,14H,5-9H2,1-4H3. The Labute approximate surface area is 110 Å². The fourth-order valence-electron chi connectivity index (χ4n) is 2.24. The van der Waals surface area contributed by atoms with Gasteiger partial charge in [0.15, 0.2) is 0 Å². The van der Waals surface area contributed by atoms with Crippen molar-refractivity contribution in [3.63, 3.8) is 0 Å². The molecule has 0 aromatic carbocycles. The molecular weight excluding hydrogens is 232 g/mol. The zero-order valence-electron chi connectivity index (χ0n) is 11.9. The lowest BCUT2D eigenvalue weighted by atomic mass is 10.2. The van der Waals surface area contributed by atoms with Gasteiger partial charge in [-0.3, -0.25) is 9.69 Å². The summed E-state index contributed by atoms with van der Waals surface area (Å²) in [5.41, 5.74) is 0. The van der Waals surface area contributed by atoms with Gasteiger partial charge in [0.25, 0.3) is 0 Å². The predicted octanol–water partition coefficient (Wildman–Crippen LogP) is 0.637. The minimum atomic E-state index is -0.264. The molecule has 5 nitrogen and oxygen atoms in total. The molecule has 1 heterocycles. The Bertz CT molecular complexity index is 259. The van der Waals surface area contributed by atoms with Gasteiger partial charge in [-0.1, -0.05) is 13.8 Å². The summed E-state index contributed by atoms with van der Waals surface area (Å²) >= 11 is 0. The van der Waals surface area contributed by atoms with E-state index in [2.05, 4.69) is 17.1 Å². The van der Waals surface area contributed by atoms with E-state index in [1.807, 2.05) is 13.8 Å². The summed E-state index contributed by atoms with van der Waals surface area (Å²) in [5, 5.41) is 3.26. The first-order valence-electron chi connectivity index (χ1n) is 6.70. The lowest BCUT2D eigenvalue weighted by Crippen LogP contribution is -2.50. The lowest BCUT2D eigenvalue weighted by Gasteiger charge is -2.27. The number of nitrogens with one attached hydrogen (secondary N) is 1. The van der Waals surface area contributed by atoms with Gasteiger partial charge in [-0.2, -0.15) is 0 Å². The minimum absolute atomic E-state index is 0.193. The molecule has 0 amide bonds. The summed E-state index contributed by atoms with van der Waals surface area (Å²) in [6.07, 6.45) is 1.24. The molecule has 0 bridgehead atoms. The van der Waals surface area contributed by atoms with Crippen LogP contribution >= 0.6 is 0 Å². The molecule has 1 aliphatic heterocycles. The van der Waals surface area contributed by atoms with E-state index < -0.39 is 0 Å². The zero-order valence-corrected chi connectivity index (χ0v) is 11.9. The van der Waals surface area contributed by atoms with Crippen LogP contribution < -0.4 is 5.32 Å². The predicted molar refractivity (Wildman–Crippen MR) is 70.5 cm³/mol. The molecular formula is C13H26N2O3. The first-order chi connectivity index (χ1) is 8.52. The van der Waals surface area contributed by atoms with Gasteiger partial charge in [-0.05, 0) is 13.3 Å². The number of ether oxygens (including phenoxy) is 2. The largest absolute Gasteiger partial charge is 0.468 e. The molecule has 1 aliphatic rings. The van der Waals surface area contributed by atoms with Crippen molar-refractivity contribution in [2.45, 2.75) is 45.4 Å². The van der Waals surface area contributed by atoms with E-state index in [4.69, 9.17) is 9.47 Å². The van der Waals surface area contributed by atoms with Gasteiger partial charge >= 0.3 is 5.97 Å². The first kappa shape index (κ1) is 15.4. The number of hydrogen-bond donors (Lipinski definition) is 1. The van der Waals surface area contributed by atoms with E-state index in [1.165, 1.54) is 7.11 Å². The molecule has 0 aromatic heterocycles. The van der Waals surface area contributed by atoms with Crippen molar-refractivity contribution >= 4 is 5.97 Å². The summed E-state index contributed by atoms with van der Waals surface area (Å²) in [6.45, 7) is 9.46. The van der Waals surface area contributed by atoms with Crippen LogP contribution in [0, 0.1) is 0 Å². The van der Waals surface area contributed by atoms with Crippen molar-refractivity contribution in [3.8, 4) is 0 Å². The SMILES string of the molecule is COC(=O)C(CN1CCCOC(C)C1)NC(C)C. The summed E-state index contributed by atoms with van der Waals surface area (Å²) in [6, 6.07) is -0.00458. The molecule has 0 aromatic rings. The Kier molecular flexibility index (Phi) is 6.60. The van der Waals surface area contributed by atoms with Gasteiger partial charge in [0.1, 0.15) is 6.04 Å². The van der Waals surface area contributed by atoms with Crippen molar-refractivity contribution < 1.29 is 14.3 Å². The average Bonchev–Trinajstić information content (AvgIpc) is 2.51. The van der Waals surface area contributed by atoms with Gasteiger partial charge in [0, 0.05) is 32.3 Å². The second-order valence-electron chi connectivity index (χ2n) is 5.19. The molecule has 0 aliphatic carbocycles. The maximum Gasteiger partial charge on any atom is 0.324 e. The molecule has 0 radical (unpaired) electrons. The molecule has 1 rings (SSSR count). The van der Waals surface area contributed by atoms with Crippen LogP contribution in [0.4, 0.5) is 0 Å². The summed E-state index contributed by atoms with van der Waals surface area (Å²) < 4.78 is 10.5. The zero-order chi connectivity index (χ0) is 13.5. The van der Waals surface area contributed by atoms with E-state index in [0.717, 1.165) is 26.1 Å². The molecule has 106 valence electrons. The van der Waals surface area contributed by atoms with E-state index in [1.54, 1.807) is 0 Å². The summed E-state index contributed by atoms with van der Waals surface area (Å²) in [5.74, 6) is -0.193. The quantitative estimate of drug-likeness (QED) is 0.733. The molecule has 0 saturated carbocycles. The third-order valence-electron chi connectivity index (χ3n) is 3.00. The van der Waals surface area contributed by atoms with Crippen LogP contribution in [0.5, 0.6) is 0 Å². The molecule has 2 atom stereocenters. The molecule has 1 N–H and O–H groups in total. The highest BCUT2D eigenvalue weighted by Gasteiger charge is 2.24. The third-order valence-corrected chi connectivity index (χ3v) is 3.00. The minimum Gasteiger partial charge on any atom is -0.468 e. The van der Waals surface area contributed by atoms with Crippen molar-refractivity contribution in [3.05, 3.63) is 0 Å². The van der Waals surface area contributed by atoms with Crippen LogP contribution in [-0.4, -0.2) is 62.4 Å². The van der Waals surface area contributed by atoms with Crippen LogP contribution in [0.1, 0.15) is 27.2 Å². The number of esters is 1. The smallest absolute Gasteiger partial charge is 0.324 e. The lowest BCUT2D eigenvalue weighted by molar-refractivity contribution is -0.143. The molecule has 0 spiro atoms. The van der Waals surface area contributed by atoms with E-state index in [0.29, 0.717) is 6.54 Å². The van der Waals surface area contributed by atoms with Gasteiger partial charge in [-0.25, -0.2) is 0 Å². The van der Waals surface area contributed by atoms with Crippen molar-refractivity contribution in [2.75, 3.05) is 33.4 Å². The number of nitrogens with zero attached hydrogens (tertiary/aromatic N) is 1. The average molecular weight is 258 g/mol. The highest BCUT2D eigenvalue weighted by atomic mass is 16.5. The first-order valence-corrected chi connectivity index (χ1v) is 6.70. The number of rotatable bonds is 5. The Morgan fingerprint density at radius 1 is 1.56 bits per heavy atom. The van der Waals surface area contributed by atoms with Crippen molar-refractivity contribution in [1.29, 1.82) is 0 Å². The molecule has 2 unspecified atom stereocenters. The third kappa shape index (κ3) is 5.33. The maximum atomic E-state index is 11.7. The van der Waals surface area contributed by atoms with Gasteiger partial charge < -0.3 is 14.8 Å². The number of carbonyl (C=O) groups is 1. The summed E-state index contributed by atoms with van der Waals surface area (Å²) in [7, 11) is 1.44. The highest BCUT2D eigenvalue weighted by molar-refractivity contribution is 5.75. The van der Waals surface area contributed by atoms with Gasteiger partial charge in [0.2, 0.25) is 0 Å². The van der Waals surface area contributed by atoms with Crippen LogP contribution in [-0.2, 0) is 14.3 Å². The number of hydrogen-bond acceptors (Lipinski definition) is 5. The van der Waals surface area contributed by atoms with Crippen molar-refractivity contribution in [1.82, 2.24) is 10.2 Å². The van der Waals surface area contributed by atoms with E-state index >= 15 is 0 Å². The van der Waals surface area contributed by atoms with Crippen LogP contribution in [0.2, 0.25) is 0 Å². The maximum absolute atomic E-state index is 11.7. The molecule has 5 heteroatoms. The van der Waals surface area contributed by atoms with E-state index in [9.17, 15) is 4.79 Å². The highest BCUT2D eigenvalue weighted by Crippen LogP contribution is 2.07. The summed E-state index contributed by atoms with van der Waals surface area (Å²) in [4.78, 5) is 14.0. The van der Waals surface area contributed by atoms with Crippen LogP contribution in [0.3, 0.4) is 0 Å². The number of methoxy groups -OCH3 is 1. The molecule has 1 saturated heterocycles. The fraction of sp³-hybridized carbons (Fsp3) is 0.923. The molecule has 18 heavy (non-hydrogen) atoms. The van der Waals surface area contributed by atoms with Crippen LogP contribution in [0.25, 0.3) is 0 Å². The Morgan fingerprint density at radius 2 is 2.28 bits per heavy atom. The monoisotopic (exact) mass is 258 g/mol. The normalized spacial score (nSPS) is 23.7. The molecule has 1 fully saturated rings. The Balaban J connectivity index is 2.54. The number of carbonyl (C=O) groups excluding carboxylic acids is 1. The topological polar surface area (TPSA) is 50.8 Å². The Morgan fingerprint density at radius 3 is 2.89 bits per heavy atom.